The van der Waals surface area contributed by atoms with Crippen molar-refractivity contribution in [3.63, 3.8) is 0 Å². The molecule has 0 radical (unpaired) electrons. The van der Waals surface area contributed by atoms with Gasteiger partial charge in [0.25, 0.3) is 11.8 Å². The Balaban J connectivity index is 1.93. The van der Waals surface area contributed by atoms with Crippen molar-refractivity contribution in [2.75, 3.05) is 18.5 Å². The Labute approximate surface area is 239 Å². The van der Waals surface area contributed by atoms with Gasteiger partial charge < -0.3 is 36.2 Å². The Hall–Kier alpha value is -5.12. The molecule has 6 amide bonds. The number of hydrogen-bond donors (Lipinski definition) is 6. The zero-order valence-corrected chi connectivity index (χ0v) is 22.7. The zero-order valence-electron chi connectivity index (χ0n) is 22.7. The van der Waals surface area contributed by atoms with Crippen LogP contribution >= 0.6 is 0 Å². The largest absolute Gasteiger partial charge is 0.481 e. The second-order valence-corrected chi connectivity index (χ2v) is 9.07. The predicted molar refractivity (Wildman–Crippen MR) is 142 cm³/mol. The van der Waals surface area contributed by atoms with Gasteiger partial charge in [-0.05, 0) is 24.6 Å². The molecule has 16 heteroatoms. The van der Waals surface area contributed by atoms with Gasteiger partial charge >= 0.3 is 11.9 Å². The number of carbonyl (C=O) groups excluding carboxylic acids is 7. The van der Waals surface area contributed by atoms with Crippen LogP contribution in [0.4, 0.5) is 5.69 Å². The van der Waals surface area contributed by atoms with Crippen LogP contribution in [0.25, 0.3) is 0 Å². The summed E-state index contributed by atoms with van der Waals surface area (Å²) in [6.07, 6.45) is 1.01. The Bertz CT molecular complexity index is 1240. The first-order chi connectivity index (χ1) is 19.8. The van der Waals surface area contributed by atoms with Crippen LogP contribution in [0.1, 0.15) is 32.3 Å². The third-order valence-corrected chi connectivity index (χ3v) is 5.72. The fourth-order valence-corrected chi connectivity index (χ4v) is 3.49. The second kappa shape index (κ2) is 15.6. The number of aliphatic hydroxyl groups excluding tert-OH is 1. The summed E-state index contributed by atoms with van der Waals surface area (Å²) in [4.78, 5) is 96.4. The number of carboxylic acid groups (broad SMARTS) is 1. The lowest BCUT2D eigenvalue weighted by atomic mass is 10.1. The number of imide groups is 1. The lowest BCUT2D eigenvalue weighted by Gasteiger charge is -2.23. The van der Waals surface area contributed by atoms with Crippen LogP contribution in [0, 0.1) is 0 Å². The van der Waals surface area contributed by atoms with E-state index in [0.717, 1.165) is 17.1 Å². The number of anilines is 1. The van der Waals surface area contributed by atoms with Crippen LogP contribution in [0.15, 0.2) is 36.4 Å². The van der Waals surface area contributed by atoms with E-state index in [1.54, 1.807) is 12.1 Å². The van der Waals surface area contributed by atoms with E-state index in [9.17, 15) is 48.6 Å². The first-order valence-corrected chi connectivity index (χ1v) is 12.6. The molecule has 1 aliphatic heterocycles. The molecule has 42 heavy (non-hydrogen) atoms. The number of aliphatic carboxylic acids is 1. The highest BCUT2D eigenvalue weighted by Gasteiger charge is 2.30. The van der Waals surface area contributed by atoms with Gasteiger partial charge in [0.2, 0.25) is 23.6 Å². The van der Waals surface area contributed by atoms with Gasteiger partial charge in [-0.25, -0.2) is 0 Å². The van der Waals surface area contributed by atoms with Gasteiger partial charge in [-0.2, -0.15) is 0 Å². The predicted octanol–water partition coefficient (Wildman–Crippen LogP) is -2.06. The number of amides is 6. The second-order valence-electron chi connectivity index (χ2n) is 9.07. The monoisotopic (exact) mass is 589 g/mol. The van der Waals surface area contributed by atoms with Crippen LogP contribution in [-0.4, -0.2) is 93.8 Å². The van der Waals surface area contributed by atoms with E-state index in [1.807, 2.05) is 0 Å². The smallest absolute Gasteiger partial charge is 0.305 e. The number of aliphatic hydroxyl groups is 1. The maximum Gasteiger partial charge on any atom is 0.305 e. The maximum atomic E-state index is 12.7. The van der Waals surface area contributed by atoms with Crippen molar-refractivity contribution in [3.05, 3.63) is 42.0 Å². The number of rotatable bonds is 15. The molecule has 0 bridgehead atoms. The van der Waals surface area contributed by atoms with E-state index in [2.05, 4.69) is 21.3 Å². The number of nitrogens with zero attached hydrogens (tertiary/aromatic N) is 1. The Morgan fingerprint density at radius 3 is 2.02 bits per heavy atom. The van der Waals surface area contributed by atoms with Crippen molar-refractivity contribution >= 4 is 53.1 Å². The van der Waals surface area contributed by atoms with Crippen LogP contribution in [-0.2, 0) is 49.7 Å². The molecule has 0 fully saturated rings. The third-order valence-electron chi connectivity index (χ3n) is 5.72. The summed E-state index contributed by atoms with van der Waals surface area (Å²) in [6.45, 7) is 1.41. The lowest BCUT2D eigenvalue weighted by Crippen LogP contribution is -2.57. The van der Waals surface area contributed by atoms with Crippen molar-refractivity contribution in [2.24, 2.45) is 0 Å². The highest BCUT2D eigenvalue weighted by molar-refractivity contribution is 6.13. The molecule has 226 valence electrons. The lowest BCUT2D eigenvalue weighted by molar-refractivity contribution is -0.142. The minimum Gasteiger partial charge on any atom is -0.481 e. The molecular weight excluding hydrogens is 558 g/mol. The van der Waals surface area contributed by atoms with Crippen molar-refractivity contribution in [3.8, 4) is 0 Å². The number of hydrogen-bond acceptors (Lipinski definition) is 10. The summed E-state index contributed by atoms with van der Waals surface area (Å²) >= 11 is 0. The molecule has 0 saturated carbocycles. The minimum atomic E-state index is -1.60. The van der Waals surface area contributed by atoms with Crippen molar-refractivity contribution < 1.29 is 53.3 Å². The van der Waals surface area contributed by atoms with Crippen molar-refractivity contribution in [1.29, 1.82) is 0 Å². The SMILES string of the molecule is CC(=O)OCc1ccc(NC(=O)[C@H](CC(=O)O)NC(=O)[C@H](CO)NC(=O)[C@H](C)NC(=O)CCN2C(=O)C=CC2=O)cc1. The topological polar surface area (TPSA) is 238 Å². The van der Waals surface area contributed by atoms with Gasteiger partial charge in [-0.15, -0.1) is 0 Å². The number of nitrogens with one attached hydrogen (secondary N) is 4. The average molecular weight is 590 g/mol. The number of carbonyl (C=O) groups is 8. The normalized spacial score (nSPS) is 14.4. The molecule has 0 aliphatic carbocycles. The van der Waals surface area contributed by atoms with Crippen LogP contribution in [0.5, 0.6) is 0 Å². The molecule has 2 rings (SSSR count). The van der Waals surface area contributed by atoms with Gasteiger partial charge in [0, 0.05) is 37.7 Å². The summed E-state index contributed by atoms with van der Waals surface area (Å²) in [6, 6.07) is 1.66. The van der Waals surface area contributed by atoms with Crippen LogP contribution in [0.2, 0.25) is 0 Å². The molecule has 0 aromatic heterocycles. The van der Waals surface area contributed by atoms with Gasteiger partial charge in [-0.1, -0.05) is 12.1 Å². The molecule has 1 heterocycles. The summed E-state index contributed by atoms with van der Waals surface area (Å²) in [7, 11) is 0. The van der Waals surface area contributed by atoms with E-state index in [-0.39, 0.29) is 25.3 Å². The molecule has 1 aromatic carbocycles. The molecule has 3 atom stereocenters. The van der Waals surface area contributed by atoms with Gasteiger partial charge in [-0.3, -0.25) is 43.3 Å². The minimum absolute atomic E-state index is 0.0101. The standard InChI is InChI=1S/C26H31N5O11/c1-14(27-20(34)9-10-31-21(35)7-8-22(31)36)24(39)30-19(12-32)26(41)29-18(11-23(37)38)25(40)28-17-5-3-16(4-6-17)13-42-15(2)33/h3-8,14,18-19,32H,9-13H2,1-2H3,(H,27,34)(H,28,40)(H,29,41)(H,30,39)(H,37,38)/t14-,18-,19-/m0/s1. The molecule has 1 aliphatic rings. The number of esters is 1. The Morgan fingerprint density at radius 1 is 0.881 bits per heavy atom. The highest BCUT2D eigenvalue weighted by Crippen LogP contribution is 2.12. The van der Waals surface area contributed by atoms with E-state index < -0.39 is 78.5 Å². The molecule has 0 saturated heterocycles. The fraction of sp³-hybridized carbons (Fsp3) is 0.385. The fourth-order valence-electron chi connectivity index (χ4n) is 3.49. The summed E-state index contributed by atoms with van der Waals surface area (Å²) in [5.41, 5.74) is 0.877. The van der Waals surface area contributed by atoms with E-state index in [0.29, 0.717) is 5.56 Å². The van der Waals surface area contributed by atoms with Crippen molar-refractivity contribution in [1.82, 2.24) is 20.9 Å². The molecule has 16 nitrogen and oxygen atoms in total. The molecule has 1 aromatic rings. The molecule has 0 spiro atoms. The number of ether oxygens (including phenoxy) is 1. The molecule has 0 unspecified atom stereocenters. The molecular formula is C26H31N5O11. The third kappa shape index (κ3) is 10.5. The zero-order chi connectivity index (χ0) is 31.4. The maximum absolute atomic E-state index is 12.7. The van der Waals surface area contributed by atoms with Gasteiger partial charge in [0.1, 0.15) is 24.7 Å². The van der Waals surface area contributed by atoms with E-state index >= 15 is 0 Å². The Kier molecular flexibility index (Phi) is 12.3. The molecule has 6 N–H and O–H groups in total. The summed E-state index contributed by atoms with van der Waals surface area (Å²) in [5.74, 6) is -6.55. The van der Waals surface area contributed by atoms with Crippen LogP contribution < -0.4 is 21.3 Å². The van der Waals surface area contributed by atoms with Gasteiger partial charge in [0.05, 0.1) is 13.0 Å². The average Bonchev–Trinajstić information content (AvgIpc) is 3.25. The van der Waals surface area contributed by atoms with Crippen LogP contribution in [0.3, 0.4) is 0 Å². The van der Waals surface area contributed by atoms with Crippen molar-refractivity contribution in [2.45, 2.75) is 51.4 Å². The van der Waals surface area contributed by atoms with E-state index in [4.69, 9.17) is 4.74 Å². The van der Waals surface area contributed by atoms with Gasteiger partial charge in [0.15, 0.2) is 0 Å². The quantitative estimate of drug-likeness (QED) is 0.0961. The highest BCUT2D eigenvalue weighted by atomic mass is 16.5. The summed E-state index contributed by atoms with van der Waals surface area (Å²) in [5, 5.41) is 28.0. The first-order valence-electron chi connectivity index (χ1n) is 12.6. The Morgan fingerprint density at radius 2 is 1.48 bits per heavy atom. The summed E-state index contributed by atoms with van der Waals surface area (Å²) < 4.78 is 4.87. The van der Waals surface area contributed by atoms with E-state index in [1.165, 1.54) is 26.0 Å². The number of benzene rings is 1. The number of carboxylic acids is 1. The first kappa shape index (κ1) is 33.1.